The predicted octanol–water partition coefficient (Wildman–Crippen LogP) is 4.94. The first kappa shape index (κ1) is 19.6. The van der Waals surface area contributed by atoms with Gasteiger partial charge in [0.25, 0.3) is 5.91 Å². The van der Waals surface area contributed by atoms with E-state index in [-0.39, 0.29) is 16.8 Å². The highest BCUT2D eigenvalue weighted by molar-refractivity contribution is 7.80. The quantitative estimate of drug-likeness (QED) is 0.409. The molecule has 1 amide bonds. The average molecular weight is 417 g/mol. The number of para-hydroxylation sites is 2. The highest BCUT2D eigenvalue weighted by Gasteiger charge is 2.14. The zero-order valence-electron chi connectivity index (χ0n) is 16.4. The molecule has 4 aromatic rings. The number of nitrogens with one attached hydrogen (secondary N) is 2. The minimum atomic E-state index is -0.303. The summed E-state index contributed by atoms with van der Waals surface area (Å²) in [7, 11) is 0. The van der Waals surface area contributed by atoms with E-state index in [1.165, 1.54) is 6.07 Å². The van der Waals surface area contributed by atoms with Crippen LogP contribution in [0.2, 0.25) is 0 Å². The molecule has 4 rings (SSSR count). The first-order valence-corrected chi connectivity index (χ1v) is 9.70. The number of hydrogen-bond donors (Lipinski definition) is 3. The Hall–Kier alpha value is -3.71. The van der Waals surface area contributed by atoms with Gasteiger partial charge in [-0.3, -0.25) is 10.1 Å². The van der Waals surface area contributed by atoms with Crippen LogP contribution in [0.1, 0.15) is 21.5 Å². The zero-order chi connectivity index (χ0) is 21.3. The molecule has 0 fully saturated rings. The van der Waals surface area contributed by atoms with Crippen LogP contribution >= 0.6 is 12.2 Å². The first-order valence-electron chi connectivity index (χ1n) is 9.29. The van der Waals surface area contributed by atoms with Gasteiger partial charge in [-0.25, -0.2) is 4.98 Å². The van der Waals surface area contributed by atoms with Crippen molar-refractivity contribution in [3.8, 4) is 17.2 Å². The molecule has 6 nitrogen and oxygen atoms in total. The molecule has 0 saturated heterocycles. The minimum Gasteiger partial charge on any atom is -0.507 e. The van der Waals surface area contributed by atoms with Gasteiger partial charge in [0.05, 0.1) is 5.56 Å². The molecule has 150 valence electrons. The van der Waals surface area contributed by atoms with Crippen LogP contribution in [0.5, 0.6) is 5.75 Å². The Labute approximate surface area is 178 Å². The topological polar surface area (TPSA) is 87.4 Å². The lowest BCUT2D eigenvalue weighted by molar-refractivity contribution is 0.0977. The predicted molar refractivity (Wildman–Crippen MR) is 121 cm³/mol. The van der Waals surface area contributed by atoms with Crippen LogP contribution in [0, 0.1) is 13.8 Å². The standard InChI is InChI=1S/C23H19N3O3S/c1-13-7-8-15(11-14(13)2)21(28)26-23(30)24-16-9-10-17(19(27)12-16)22-25-18-5-3-4-6-20(18)29-22/h3-12,27H,1-2H3,(H2,24,26,28,30). The smallest absolute Gasteiger partial charge is 0.257 e. The molecule has 0 aliphatic heterocycles. The van der Waals surface area contributed by atoms with E-state index in [1.54, 1.807) is 18.2 Å². The number of rotatable bonds is 3. The fraction of sp³-hybridized carbons (Fsp3) is 0.0870. The fourth-order valence-corrected chi connectivity index (χ4v) is 3.21. The van der Waals surface area contributed by atoms with Gasteiger partial charge in [0.2, 0.25) is 5.89 Å². The van der Waals surface area contributed by atoms with Crippen molar-refractivity contribution in [2.24, 2.45) is 0 Å². The molecule has 1 aromatic heterocycles. The average Bonchev–Trinajstić information content (AvgIpc) is 3.13. The summed E-state index contributed by atoms with van der Waals surface area (Å²) in [5.74, 6) is 0.00336. The molecule has 0 atom stereocenters. The Balaban J connectivity index is 1.47. The second kappa shape index (κ2) is 7.96. The highest BCUT2D eigenvalue weighted by Crippen LogP contribution is 2.33. The number of oxazole rings is 1. The Kier molecular flexibility index (Phi) is 5.20. The molecular weight excluding hydrogens is 398 g/mol. The monoisotopic (exact) mass is 417 g/mol. The number of anilines is 1. The van der Waals surface area contributed by atoms with Crippen LogP contribution in [0.15, 0.2) is 65.1 Å². The number of aromatic nitrogens is 1. The van der Waals surface area contributed by atoms with Crippen LogP contribution in [0.4, 0.5) is 5.69 Å². The van der Waals surface area contributed by atoms with Gasteiger partial charge in [0.15, 0.2) is 10.7 Å². The lowest BCUT2D eigenvalue weighted by Gasteiger charge is -2.11. The van der Waals surface area contributed by atoms with Crippen LogP contribution in [0.25, 0.3) is 22.6 Å². The van der Waals surface area contributed by atoms with Gasteiger partial charge in [-0.2, -0.15) is 0 Å². The second-order valence-electron chi connectivity index (χ2n) is 6.93. The van der Waals surface area contributed by atoms with Crippen molar-refractivity contribution in [3.63, 3.8) is 0 Å². The molecule has 0 aliphatic carbocycles. The molecule has 0 radical (unpaired) electrons. The summed E-state index contributed by atoms with van der Waals surface area (Å²) >= 11 is 5.23. The van der Waals surface area contributed by atoms with Crippen molar-refractivity contribution in [2.45, 2.75) is 13.8 Å². The van der Waals surface area contributed by atoms with Gasteiger partial charge in [0.1, 0.15) is 11.3 Å². The Morgan fingerprint density at radius 2 is 1.83 bits per heavy atom. The van der Waals surface area contributed by atoms with Gasteiger partial charge >= 0.3 is 0 Å². The maximum absolute atomic E-state index is 12.4. The van der Waals surface area contributed by atoms with E-state index in [4.69, 9.17) is 16.6 Å². The van der Waals surface area contributed by atoms with Gasteiger partial charge in [-0.05, 0) is 73.6 Å². The fourth-order valence-electron chi connectivity index (χ4n) is 3.00. The van der Waals surface area contributed by atoms with E-state index in [9.17, 15) is 9.90 Å². The Morgan fingerprint density at radius 1 is 1.03 bits per heavy atom. The summed E-state index contributed by atoms with van der Waals surface area (Å²) in [5, 5.41) is 16.1. The maximum atomic E-state index is 12.4. The van der Waals surface area contributed by atoms with E-state index < -0.39 is 0 Å². The van der Waals surface area contributed by atoms with Gasteiger partial charge < -0.3 is 14.8 Å². The van der Waals surface area contributed by atoms with Crippen molar-refractivity contribution in [3.05, 3.63) is 77.4 Å². The molecule has 0 aliphatic rings. The third-order valence-corrected chi connectivity index (χ3v) is 4.98. The van der Waals surface area contributed by atoms with E-state index in [0.29, 0.717) is 33.8 Å². The summed E-state index contributed by atoms with van der Waals surface area (Å²) in [6.07, 6.45) is 0. The molecule has 0 spiro atoms. The number of phenolic OH excluding ortho intramolecular Hbond substituents is 1. The summed E-state index contributed by atoms with van der Waals surface area (Å²) in [4.78, 5) is 16.8. The largest absolute Gasteiger partial charge is 0.507 e. The van der Waals surface area contributed by atoms with Crippen molar-refractivity contribution in [1.82, 2.24) is 10.3 Å². The van der Waals surface area contributed by atoms with Crippen molar-refractivity contribution in [1.29, 1.82) is 0 Å². The number of hydrogen-bond acceptors (Lipinski definition) is 5. The van der Waals surface area contributed by atoms with Crippen molar-refractivity contribution < 1.29 is 14.3 Å². The van der Waals surface area contributed by atoms with Crippen LogP contribution in [-0.4, -0.2) is 21.1 Å². The molecule has 3 N–H and O–H groups in total. The van der Waals surface area contributed by atoms with E-state index in [0.717, 1.165) is 11.1 Å². The highest BCUT2D eigenvalue weighted by atomic mass is 32.1. The SMILES string of the molecule is Cc1ccc(C(=O)NC(=S)Nc2ccc(-c3nc4ccccc4o3)c(O)c2)cc1C. The third kappa shape index (κ3) is 4.01. The number of aromatic hydroxyl groups is 1. The minimum absolute atomic E-state index is 0.0187. The molecule has 3 aromatic carbocycles. The van der Waals surface area contributed by atoms with Crippen molar-refractivity contribution >= 4 is 40.0 Å². The molecule has 0 bridgehead atoms. The lowest BCUT2D eigenvalue weighted by Crippen LogP contribution is -2.34. The van der Waals surface area contributed by atoms with Crippen LogP contribution in [-0.2, 0) is 0 Å². The number of carbonyl (C=O) groups is 1. The van der Waals surface area contributed by atoms with E-state index in [1.807, 2.05) is 50.2 Å². The lowest BCUT2D eigenvalue weighted by atomic mass is 10.1. The van der Waals surface area contributed by atoms with E-state index in [2.05, 4.69) is 15.6 Å². The van der Waals surface area contributed by atoms with Crippen molar-refractivity contribution in [2.75, 3.05) is 5.32 Å². The second-order valence-corrected chi connectivity index (χ2v) is 7.33. The number of carbonyl (C=O) groups excluding carboxylic acids is 1. The number of phenols is 1. The third-order valence-electron chi connectivity index (χ3n) is 4.78. The Morgan fingerprint density at radius 3 is 2.57 bits per heavy atom. The number of nitrogens with zero attached hydrogens (tertiary/aromatic N) is 1. The number of aryl methyl sites for hydroxylation is 2. The summed E-state index contributed by atoms with van der Waals surface area (Å²) in [5.41, 5.74) is 5.01. The van der Waals surface area contributed by atoms with Crippen LogP contribution in [0.3, 0.4) is 0 Å². The molecular formula is C23H19N3O3S. The van der Waals surface area contributed by atoms with Crippen LogP contribution < -0.4 is 10.6 Å². The number of fused-ring (bicyclic) bond motifs is 1. The van der Waals surface area contributed by atoms with Gasteiger partial charge in [-0.15, -0.1) is 0 Å². The zero-order valence-corrected chi connectivity index (χ0v) is 17.2. The van der Waals surface area contributed by atoms with Gasteiger partial charge in [0, 0.05) is 17.3 Å². The summed E-state index contributed by atoms with van der Waals surface area (Å²) < 4.78 is 5.70. The molecule has 30 heavy (non-hydrogen) atoms. The molecule has 7 heteroatoms. The molecule has 0 unspecified atom stereocenters. The maximum Gasteiger partial charge on any atom is 0.257 e. The number of thiocarbonyl (C=S) groups is 1. The Bertz CT molecular complexity index is 1250. The van der Waals surface area contributed by atoms with E-state index >= 15 is 0 Å². The number of amides is 1. The summed E-state index contributed by atoms with van der Waals surface area (Å²) in [6, 6.07) is 17.7. The number of benzene rings is 3. The van der Waals surface area contributed by atoms with Gasteiger partial charge in [-0.1, -0.05) is 18.2 Å². The molecule has 1 heterocycles. The molecule has 0 saturated carbocycles. The normalized spacial score (nSPS) is 10.7. The first-order chi connectivity index (χ1) is 14.4. The summed E-state index contributed by atoms with van der Waals surface area (Å²) in [6.45, 7) is 3.93.